The molecule has 2 unspecified atom stereocenters. The molecule has 2 aliphatic rings. The van der Waals surface area contributed by atoms with E-state index in [0.29, 0.717) is 6.42 Å². The predicted octanol–water partition coefficient (Wildman–Crippen LogP) is 3.36. The number of benzene rings is 1. The van der Waals surface area contributed by atoms with Gasteiger partial charge in [-0.2, -0.15) is 4.31 Å². The van der Waals surface area contributed by atoms with Crippen LogP contribution in [0.25, 0.3) is 0 Å². The van der Waals surface area contributed by atoms with E-state index in [2.05, 4.69) is 5.32 Å². The summed E-state index contributed by atoms with van der Waals surface area (Å²) < 4.78 is 60.3. The first kappa shape index (κ1) is 29.8. The van der Waals surface area contributed by atoms with Gasteiger partial charge in [-0.1, -0.05) is 57.1 Å². The maximum Gasteiger partial charge on any atom is 0.325 e. The fraction of sp³-hybridized carbons (Fsp3) is 0.481. The summed E-state index contributed by atoms with van der Waals surface area (Å²) in [5.41, 5.74) is 0. The summed E-state index contributed by atoms with van der Waals surface area (Å²) in [6, 6.07) is 4.19. The number of rotatable bonds is 11. The molecule has 0 radical (unpaired) electrons. The Kier molecular flexibility index (Phi) is 10.1. The number of unbranched alkanes of at least 4 members (excludes halogenated alkanes) is 1. The summed E-state index contributed by atoms with van der Waals surface area (Å²) in [5, 5.41) is 2.52. The highest BCUT2D eigenvalue weighted by Gasteiger charge is 2.48. The second-order valence-corrected chi connectivity index (χ2v) is 13.3. The zero-order valence-electron chi connectivity index (χ0n) is 22.0. The molecule has 3 atom stereocenters. The number of amides is 1. The van der Waals surface area contributed by atoms with Gasteiger partial charge in [0, 0.05) is 6.54 Å². The smallest absolute Gasteiger partial charge is 0.325 e. The van der Waals surface area contributed by atoms with Crippen molar-refractivity contribution in [2.75, 3.05) is 19.7 Å². The van der Waals surface area contributed by atoms with Crippen LogP contribution in [0.1, 0.15) is 46.5 Å². The molecule has 9 nitrogen and oxygen atoms in total. The third-order valence-electron chi connectivity index (χ3n) is 6.87. The second-order valence-electron chi connectivity index (χ2n) is 9.41. The van der Waals surface area contributed by atoms with Crippen LogP contribution >= 0.6 is 0 Å². The summed E-state index contributed by atoms with van der Waals surface area (Å²) >= 11 is 0. The van der Waals surface area contributed by atoms with Crippen molar-refractivity contribution in [3.63, 3.8) is 0 Å². The van der Waals surface area contributed by atoms with Gasteiger partial charge in [-0.05, 0) is 55.9 Å². The van der Waals surface area contributed by atoms with Gasteiger partial charge < -0.3 is 10.1 Å². The number of esters is 1. The van der Waals surface area contributed by atoms with E-state index in [1.807, 2.05) is 19.9 Å². The van der Waals surface area contributed by atoms with E-state index < -0.39 is 37.8 Å². The van der Waals surface area contributed by atoms with Gasteiger partial charge in [0.25, 0.3) is 0 Å². The number of carbonyl (C=O) groups is 2. The van der Waals surface area contributed by atoms with E-state index in [9.17, 15) is 26.4 Å². The Hall–Kier alpha value is -2.76. The molecule has 3 rings (SSSR count). The Morgan fingerprint density at radius 1 is 1.11 bits per heavy atom. The maximum atomic E-state index is 13.9. The number of hydrogen-bond donors (Lipinski definition) is 1. The number of sulfonamides is 1. The molecule has 1 aliphatic heterocycles. The number of ether oxygens (including phenoxy) is 1. The standard InChI is InChI=1S/C27H36N2O7S2/c1-4-6-12-21-19-29(26(20(21)3)27(31)28-18-25(30)36-5-2)38(34,35)24-16-11-15-23(17-24)37(32,33)22-13-9-7-8-10-14-22/h7-9,11,13-17,20-21,26H,4-6,10,12,18-19H2,1-3H3,(H,28,31)/t20?,21-,26?/m1/s1. The molecular weight excluding hydrogens is 528 g/mol. The largest absolute Gasteiger partial charge is 0.465 e. The van der Waals surface area contributed by atoms with Crippen LogP contribution in [0, 0.1) is 11.8 Å². The molecule has 0 spiro atoms. The van der Waals surface area contributed by atoms with Crippen molar-refractivity contribution in [2.24, 2.45) is 11.8 Å². The van der Waals surface area contributed by atoms with Gasteiger partial charge in [-0.3, -0.25) is 9.59 Å². The molecule has 1 aromatic rings. The topological polar surface area (TPSA) is 127 Å². The summed E-state index contributed by atoms with van der Waals surface area (Å²) in [7, 11) is -8.21. The third kappa shape index (κ3) is 6.62. The molecule has 0 bridgehead atoms. The van der Waals surface area contributed by atoms with Crippen molar-refractivity contribution in [1.82, 2.24) is 9.62 Å². The number of allylic oxidation sites excluding steroid dienone is 5. The van der Waals surface area contributed by atoms with Crippen LogP contribution in [-0.2, 0) is 34.2 Å². The molecule has 1 saturated heterocycles. The average molecular weight is 565 g/mol. The highest BCUT2D eigenvalue weighted by molar-refractivity contribution is 7.95. The minimum Gasteiger partial charge on any atom is -0.465 e. The molecule has 0 aromatic heterocycles. The van der Waals surface area contributed by atoms with Gasteiger partial charge in [0.1, 0.15) is 12.6 Å². The van der Waals surface area contributed by atoms with Crippen molar-refractivity contribution in [3.8, 4) is 0 Å². The molecule has 38 heavy (non-hydrogen) atoms. The molecule has 0 saturated carbocycles. The van der Waals surface area contributed by atoms with E-state index in [1.54, 1.807) is 25.2 Å². The molecule has 1 aromatic carbocycles. The van der Waals surface area contributed by atoms with Crippen LogP contribution in [0.5, 0.6) is 0 Å². The first-order chi connectivity index (χ1) is 18.0. The number of nitrogens with zero attached hydrogens (tertiary/aromatic N) is 1. The van der Waals surface area contributed by atoms with Crippen LogP contribution in [0.15, 0.2) is 69.3 Å². The number of hydrogen-bond acceptors (Lipinski definition) is 7. The molecule has 1 amide bonds. The monoisotopic (exact) mass is 564 g/mol. The van der Waals surface area contributed by atoms with Gasteiger partial charge in [0.05, 0.1) is 21.3 Å². The van der Waals surface area contributed by atoms with Crippen molar-refractivity contribution in [1.29, 1.82) is 0 Å². The Morgan fingerprint density at radius 2 is 1.84 bits per heavy atom. The van der Waals surface area contributed by atoms with E-state index >= 15 is 0 Å². The predicted molar refractivity (Wildman–Crippen MR) is 144 cm³/mol. The van der Waals surface area contributed by atoms with Crippen LogP contribution < -0.4 is 5.32 Å². The van der Waals surface area contributed by atoms with E-state index in [4.69, 9.17) is 4.74 Å². The van der Waals surface area contributed by atoms with Crippen molar-refractivity contribution in [3.05, 3.63) is 59.6 Å². The van der Waals surface area contributed by atoms with E-state index in [-0.39, 0.29) is 46.2 Å². The van der Waals surface area contributed by atoms with Gasteiger partial charge >= 0.3 is 5.97 Å². The normalized spacial score (nSPS) is 22.1. The Bertz CT molecular complexity index is 1330. The van der Waals surface area contributed by atoms with E-state index in [0.717, 1.165) is 29.6 Å². The molecule has 1 fully saturated rings. The lowest BCUT2D eigenvalue weighted by atomic mass is 9.88. The lowest BCUT2D eigenvalue weighted by Crippen LogP contribution is -2.49. The second kappa shape index (κ2) is 12.9. The summed E-state index contributed by atoms with van der Waals surface area (Å²) in [6.45, 7) is 5.45. The first-order valence-electron chi connectivity index (χ1n) is 12.9. The highest BCUT2D eigenvalue weighted by atomic mass is 32.2. The fourth-order valence-corrected chi connectivity index (χ4v) is 8.01. The van der Waals surface area contributed by atoms with Crippen LogP contribution in [0.4, 0.5) is 0 Å². The quantitative estimate of drug-likeness (QED) is 0.408. The zero-order chi connectivity index (χ0) is 27.9. The lowest BCUT2D eigenvalue weighted by molar-refractivity contribution is -0.143. The molecule has 1 N–H and O–H groups in total. The number of sulfone groups is 1. The van der Waals surface area contributed by atoms with Crippen LogP contribution in [-0.4, -0.2) is 58.8 Å². The van der Waals surface area contributed by atoms with Gasteiger partial charge in [-0.25, -0.2) is 16.8 Å². The van der Waals surface area contributed by atoms with Crippen molar-refractivity contribution in [2.45, 2.75) is 62.3 Å². The van der Waals surface area contributed by atoms with Gasteiger partial charge in [-0.15, -0.1) is 0 Å². The summed E-state index contributed by atoms with van der Waals surface area (Å²) in [5.74, 6) is -1.57. The first-order valence-corrected chi connectivity index (χ1v) is 15.8. The Labute approximate surface area is 225 Å². The summed E-state index contributed by atoms with van der Waals surface area (Å²) in [4.78, 5) is 24.7. The van der Waals surface area contributed by atoms with Crippen LogP contribution in [0.3, 0.4) is 0 Å². The van der Waals surface area contributed by atoms with Crippen molar-refractivity contribution < 1.29 is 31.2 Å². The van der Waals surface area contributed by atoms with Gasteiger partial charge in [0.15, 0.2) is 0 Å². The summed E-state index contributed by atoms with van der Waals surface area (Å²) in [6.07, 6.45) is 11.2. The molecule has 11 heteroatoms. The SMILES string of the molecule is CCCC[C@@H]1CN(S(=O)(=O)c2cccc(S(=O)(=O)C3=CCC=CC=C3)c2)C(C(=O)NCC(=O)OCC)C1C. The molecule has 1 aliphatic carbocycles. The van der Waals surface area contributed by atoms with E-state index in [1.165, 1.54) is 24.3 Å². The lowest BCUT2D eigenvalue weighted by Gasteiger charge is -2.25. The molecule has 1 heterocycles. The minimum atomic E-state index is -4.25. The number of carbonyl (C=O) groups excluding carboxylic acids is 2. The Morgan fingerprint density at radius 3 is 2.55 bits per heavy atom. The maximum absolute atomic E-state index is 13.9. The number of nitrogens with one attached hydrogen (secondary N) is 1. The third-order valence-corrected chi connectivity index (χ3v) is 10.5. The highest BCUT2D eigenvalue weighted by Crippen LogP contribution is 2.37. The zero-order valence-corrected chi connectivity index (χ0v) is 23.6. The molecular formula is C27H36N2O7S2. The molecule has 208 valence electrons. The fourth-order valence-electron chi connectivity index (χ4n) is 4.78. The average Bonchev–Trinajstić information content (AvgIpc) is 3.05. The minimum absolute atomic E-state index is 0.0660. The van der Waals surface area contributed by atoms with Crippen LogP contribution in [0.2, 0.25) is 0 Å². The van der Waals surface area contributed by atoms with Gasteiger partial charge in [0.2, 0.25) is 25.8 Å². The Balaban J connectivity index is 1.95. The van der Waals surface area contributed by atoms with Crippen molar-refractivity contribution >= 4 is 31.7 Å².